The number of nitrogens with two attached hydrogens (primary N) is 1. The number of piperidine rings is 1. The largest absolute Gasteiger partial charge is 0.372 e. The molecule has 0 bridgehead atoms. The average Bonchev–Trinajstić information content (AvgIpc) is 3.52. The second-order valence-electron chi connectivity index (χ2n) is 16.5. The highest BCUT2D eigenvalue weighted by atomic mass is 16.2. The van der Waals surface area contributed by atoms with Crippen LogP contribution < -0.4 is 36.4 Å². The van der Waals surface area contributed by atoms with Gasteiger partial charge in [0.2, 0.25) is 5.91 Å². The van der Waals surface area contributed by atoms with Crippen molar-refractivity contribution in [3.63, 3.8) is 0 Å². The number of aryl methyl sites for hydroxylation is 4. The fourth-order valence-corrected chi connectivity index (χ4v) is 9.09. The van der Waals surface area contributed by atoms with Crippen LogP contribution in [0.3, 0.4) is 0 Å². The van der Waals surface area contributed by atoms with Crippen molar-refractivity contribution >= 4 is 58.1 Å². The highest BCUT2D eigenvalue weighted by molar-refractivity contribution is 6.07. The molecule has 3 saturated heterocycles. The van der Waals surface area contributed by atoms with Crippen LogP contribution in [0.5, 0.6) is 0 Å². The van der Waals surface area contributed by atoms with Crippen LogP contribution in [-0.2, 0) is 17.8 Å². The van der Waals surface area contributed by atoms with E-state index in [0.717, 1.165) is 93.3 Å². The Hall–Kier alpha value is -6.74. The van der Waals surface area contributed by atoms with Crippen molar-refractivity contribution < 1.29 is 19.2 Å². The van der Waals surface area contributed by atoms with E-state index in [-0.39, 0.29) is 17.8 Å². The van der Waals surface area contributed by atoms with E-state index in [9.17, 15) is 19.2 Å². The molecule has 0 aliphatic carbocycles. The smallest absolute Gasteiger partial charge is 0.328 e. The van der Waals surface area contributed by atoms with E-state index in [1.54, 1.807) is 23.1 Å². The Morgan fingerprint density at radius 1 is 0.787 bits per heavy atom. The van der Waals surface area contributed by atoms with E-state index in [1.807, 2.05) is 48.9 Å². The van der Waals surface area contributed by atoms with Crippen molar-refractivity contribution in [2.45, 2.75) is 46.1 Å². The zero-order chi connectivity index (χ0) is 42.2. The predicted molar refractivity (Wildman–Crippen MR) is 237 cm³/mol. The molecule has 0 spiro atoms. The van der Waals surface area contributed by atoms with Crippen molar-refractivity contribution in [1.29, 1.82) is 0 Å². The molecular weight excluding hydrogens is 771 g/mol. The molecule has 0 unspecified atom stereocenters. The lowest BCUT2D eigenvalue weighted by molar-refractivity contribution is -0.120. The molecule has 61 heavy (non-hydrogen) atoms. The standard InChI is InChI=1S/C46H51N11O4/c1-29-26-33(6-12-37(29)45(60)50-39-5-3-4-30(2)48-39)42-41(43(47)59)44-49-38-13-11-36(27-32(38)16-21-57(44)52-42)55-24-22-53(23-25-55)28-31-14-18-54(19-15-31)34-7-9-35(10-8-34)56-20-17-40(58)51-46(56)61/h3-13,26-27,31,49H,14-25,28H2,1-2H3,(H2,47,59)(H,48,50,60)(H,51,58,61). The lowest BCUT2D eigenvalue weighted by atomic mass is 9.95. The van der Waals surface area contributed by atoms with Crippen LogP contribution in [0.2, 0.25) is 0 Å². The summed E-state index contributed by atoms with van der Waals surface area (Å²) in [5.41, 5.74) is 14.8. The molecule has 0 radical (unpaired) electrons. The van der Waals surface area contributed by atoms with Gasteiger partial charge in [-0.2, -0.15) is 5.10 Å². The van der Waals surface area contributed by atoms with Gasteiger partial charge in [-0.25, -0.2) is 14.5 Å². The molecule has 5 aromatic rings. The van der Waals surface area contributed by atoms with Gasteiger partial charge in [0.1, 0.15) is 22.9 Å². The monoisotopic (exact) mass is 821 g/mol. The van der Waals surface area contributed by atoms with E-state index in [4.69, 9.17) is 10.8 Å². The molecule has 0 saturated carbocycles. The first kappa shape index (κ1) is 39.7. The van der Waals surface area contributed by atoms with Gasteiger partial charge >= 0.3 is 6.03 Å². The molecule has 2 aromatic heterocycles. The quantitative estimate of drug-likeness (QED) is 0.145. The van der Waals surface area contributed by atoms with Gasteiger partial charge < -0.3 is 26.2 Å². The summed E-state index contributed by atoms with van der Waals surface area (Å²) in [6, 6.07) is 25.1. The van der Waals surface area contributed by atoms with Gasteiger partial charge in [0.15, 0.2) is 0 Å². The number of rotatable bonds is 9. The third kappa shape index (κ3) is 8.38. The zero-order valence-electron chi connectivity index (χ0n) is 34.6. The molecule has 5 N–H and O–H groups in total. The van der Waals surface area contributed by atoms with Gasteiger partial charge in [-0.3, -0.25) is 29.5 Å². The molecule has 4 aliphatic rings. The SMILES string of the molecule is Cc1cccc(NC(=O)c2ccc(-c3nn4c(c3C(N)=O)Nc3ccc(N5CCN(CC6CCN(c7ccc(N8CCC(=O)NC8=O)cc7)CC6)CC5)cc3CC4)cc2C)n1. The summed E-state index contributed by atoms with van der Waals surface area (Å²) in [7, 11) is 0. The van der Waals surface area contributed by atoms with Crippen LogP contribution in [0.15, 0.2) is 78.9 Å². The molecule has 314 valence electrons. The Morgan fingerprint density at radius 2 is 1.52 bits per heavy atom. The summed E-state index contributed by atoms with van der Waals surface area (Å²) in [6.07, 6.45) is 3.33. The number of carbonyl (C=O) groups excluding carboxylic acids is 4. The number of anilines is 6. The number of nitrogens with one attached hydrogen (secondary N) is 3. The van der Waals surface area contributed by atoms with E-state index in [2.05, 4.69) is 66.0 Å². The lowest BCUT2D eigenvalue weighted by Crippen LogP contribution is -2.49. The fourth-order valence-electron chi connectivity index (χ4n) is 9.09. The number of primary amides is 1. The number of carbonyl (C=O) groups is 4. The summed E-state index contributed by atoms with van der Waals surface area (Å²) >= 11 is 0. The summed E-state index contributed by atoms with van der Waals surface area (Å²) in [5, 5.41) is 13.7. The predicted octanol–water partition coefficient (Wildman–Crippen LogP) is 5.70. The summed E-state index contributed by atoms with van der Waals surface area (Å²) < 4.78 is 1.83. The molecule has 3 aromatic carbocycles. The van der Waals surface area contributed by atoms with E-state index in [1.165, 1.54) is 11.4 Å². The Balaban J connectivity index is 0.791. The number of urea groups is 1. The lowest BCUT2D eigenvalue weighted by Gasteiger charge is -2.40. The number of amides is 5. The van der Waals surface area contributed by atoms with E-state index >= 15 is 0 Å². The molecule has 4 aliphatic heterocycles. The Bertz CT molecular complexity index is 2500. The highest BCUT2D eigenvalue weighted by Crippen LogP contribution is 2.37. The van der Waals surface area contributed by atoms with Crippen LogP contribution in [0.1, 0.15) is 56.8 Å². The fraction of sp³-hybridized carbons (Fsp3) is 0.348. The number of imide groups is 1. The molecule has 0 atom stereocenters. The molecule has 3 fully saturated rings. The zero-order valence-corrected chi connectivity index (χ0v) is 34.6. The number of piperazine rings is 1. The van der Waals surface area contributed by atoms with Gasteiger partial charge in [-0.1, -0.05) is 12.1 Å². The molecular formula is C46H51N11O4. The molecule has 15 heteroatoms. The van der Waals surface area contributed by atoms with Crippen molar-refractivity contribution in [2.75, 3.05) is 77.7 Å². The van der Waals surface area contributed by atoms with Crippen LogP contribution in [0.25, 0.3) is 11.3 Å². The maximum absolute atomic E-state index is 13.1. The van der Waals surface area contributed by atoms with Crippen molar-refractivity contribution in [3.8, 4) is 11.3 Å². The molecule has 6 heterocycles. The summed E-state index contributed by atoms with van der Waals surface area (Å²) in [4.78, 5) is 63.4. The van der Waals surface area contributed by atoms with Gasteiger partial charge in [0.25, 0.3) is 11.8 Å². The van der Waals surface area contributed by atoms with Crippen LogP contribution >= 0.6 is 0 Å². The minimum atomic E-state index is -0.575. The Morgan fingerprint density at radius 3 is 2.25 bits per heavy atom. The first-order chi connectivity index (χ1) is 29.6. The second-order valence-corrected chi connectivity index (χ2v) is 16.5. The van der Waals surface area contributed by atoms with Gasteiger partial charge in [-0.05, 0) is 117 Å². The van der Waals surface area contributed by atoms with Crippen LogP contribution in [-0.4, -0.2) is 95.8 Å². The molecule has 9 rings (SSSR count). The number of pyridine rings is 1. The number of hydrogen-bond donors (Lipinski definition) is 4. The number of hydrogen-bond acceptors (Lipinski definition) is 10. The molecule has 15 nitrogen and oxygen atoms in total. The van der Waals surface area contributed by atoms with Crippen molar-refractivity contribution in [2.24, 2.45) is 11.7 Å². The third-order valence-corrected chi connectivity index (χ3v) is 12.5. The minimum Gasteiger partial charge on any atom is -0.372 e. The Labute approximate surface area is 354 Å². The number of aromatic nitrogens is 3. The first-order valence-electron chi connectivity index (χ1n) is 21.2. The van der Waals surface area contributed by atoms with E-state index in [0.29, 0.717) is 59.4 Å². The van der Waals surface area contributed by atoms with Gasteiger partial charge in [-0.15, -0.1) is 0 Å². The topological polar surface area (TPSA) is 174 Å². The maximum Gasteiger partial charge on any atom is 0.328 e. The van der Waals surface area contributed by atoms with E-state index < -0.39 is 5.91 Å². The average molecular weight is 822 g/mol. The van der Waals surface area contributed by atoms with Gasteiger partial charge in [0, 0.05) is 105 Å². The molecule has 5 amide bonds. The maximum atomic E-state index is 13.1. The summed E-state index contributed by atoms with van der Waals surface area (Å²) in [6.45, 7) is 11.8. The normalized spacial score (nSPS) is 17.2. The Kier molecular flexibility index (Phi) is 10.9. The van der Waals surface area contributed by atoms with Crippen LogP contribution in [0.4, 0.5) is 39.2 Å². The summed E-state index contributed by atoms with van der Waals surface area (Å²) in [5.74, 6) is 0.646. The highest BCUT2D eigenvalue weighted by Gasteiger charge is 2.29. The number of fused-ring (bicyclic) bond motifs is 2. The number of nitrogens with zero attached hydrogens (tertiary/aromatic N) is 7. The minimum absolute atomic E-state index is 0.224. The second kappa shape index (κ2) is 16.7. The van der Waals surface area contributed by atoms with Crippen molar-refractivity contribution in [3.05, 3.63) is 107 Å². The van der Waals surface area contributed by atoms with Crippen LogP contribution in [0, 0.1) is 19.8 Å². The third-order valence-electron chi connectivity index (χ3n) is 12.5. The van der Waals surface area contributed by atoms with Gasteiger partial charge in [0.05, 0.1) is 0 Å². The van der Waals surface area contributed by atoms with Crippen molar-refractivity contribution in [1.82, 2.24) is 25.0 Å². The number of benzene rings is 3. The first-order valence-corrected chi connectivity index (χ1v) is 21.2.